The third-order valence-electron chi connectivity index (χ3n) is 4.64. The van der Waals surface area contributed by atoms with Gasteiger partial charge in [0.25, 0.3) is 0 Å². The lowest BCUT2D eigenvalue weighted by Gasteiger charge is -2.11. The highest BCUT2D eigenvalue weighted by Crippen LogP contribution is 2.32. The van der Waals surface area contributed by atoms with E-state index in [-0.39, 0.29) is 24.2 Å². The van der Waals surface area contributed by atoms with Crippen LogP contribution >= 0.6 is 11.8 Å². The molecule has 0 bridgehead atoms. The van der Waals surface area contributed by atoms with Gasteiger partial charge in [0.15, 0.2) is 5.16 Å². The molecule has 1 aliphatic heterocycles. The fourth-order valence-corrected chi connectivity index (χ4v) is 4.29. The Kier molecular flexibility index (Phi) is 5.54. The number of carbonyl (C=O) groups excluding carboxylic acids is 1. The topological polar surface area (TPSA) is 99.4 Å². The van der Waals surface area contributed by atoms with Crippen molar-refractivity contribution in [1.82, 2.24) is 14.8 Å². The maximum atomic E-state index is 12.3. The molecule has 0 aliphatic carbocycles. The maximum Gasteiger partial charge on any atom is 0.374 e. The van der Waals surface area contributed by atoms with Crippen LogP contribution in [0.15, 0.2) is 38.6 Å². The number of nitrogens with zero attached hydrogens (tertiary/aromatic N) is 2. The van der Waals surface area contributed by atoms with Gasteiger partial charge in [-0.05, 0) is 25.8 Å². The second kappa shape index (κ2) is 8.24. The van der Waals surface area contributed by atoms with Crippen molar-refractivity contribution < 1.29 is 18.7 Å². The fraction of sp³-hybridized carbons (Fsp3) is 0.421. The number of ether oxygens (including phenoxy) is 2. The number of benzene rings is 1. The normalized spacial score (nSPS) is 16.7. The van der Waals surface area contributed by atoms with Crippen molar-refractivity contribution in [3.8, 4) is 0 Å². The smallest absolute Gasteiger partial charge is 0.374 e. The van der Waals surface area contributed by atoms with Gasteiger partial charge in [-0.15, -0.1) is 5.10 Å². The molecule has 1 fully saturated rings. The van der Waals surface area contributed by atoms with E-state index in [2.05, 4.69) is 10.2 Å². The fourth-order valence-electron chi connectivity index (χ4n) is 3.31. The summed E-state index contributed by atoms with van der Waals surface area (Å²) in [6, 6.07) is 7.46. The van der Waals surface area contributed by atoms with E-state index in [1.54, 1.807) is 11.5 Å². The Morgan fingerprint density at radius 1 is 1.43 bits per heavy atom. The first-order valence-electron chi connectivity index (χ1n) is 9.24. The summed E-state index contributed by atoms with van der Waals surface area (Å²) in [7, 11) is 0. The molecule has 28 heavy (non-hydrogen) atoms. The molecule has 1 N–H and O–H groups in total. The molecule has 2 aromatic heterocycles. The van der Waals surface area contributed by atoms with E-state index >= 15 is 0 Å². The average Bonchev–Trinajstić information content (AvgIpc) is 3.41. The number of furan rings is 1. The number of hydrogen-bond donors (Lipinski definition) is 1. The number of aromatic amines is 1. The molecular formula is C19H21N3O5S. The van der Waals surface area contributed by atoms with Gasteiger partial charge < -0.3 is 13.9 Å². The number of nitrogens with one attached hydrogen (secondary N) is 1. The number of hydrogen-bond acceptors (Lipinski definition) is 7. The zero-order valence-electron chi connectivity index (χ0n) is 15.5. The van der Waals surface area contributed by atoms with Gasteiger partial charge in [0, 0.05) is 23.3 Å². The largest absolute Gasteiger partial charge is 0.460 e. The molecule has 3 aromatic rings. The number of fused-ring (bicyclic) bond motifs is 1. The van der Waals surface area contributed by atoms with Crippen molar-refractivity contribution in [1.29, 1.82) is 0 Å². The zero-order valence-corrected chi connectivity index (χ0v) is 16.3. The molecule has 8 nitrogen and oxygen atoms in total. The number of thioether (sulfide) groups is 1. The summed E-state index contributed by atoms with van der Waals surface area (Å²) in [5, 5.41) is 8.04. The minimum atomic E-state index is -0.493. The molecule has 1 aromatic carbocycles. The Morgan fingerprint density at radius 3 is 3.07 bits per heavy atom. The highest BCUT2D eigenvalue weighted by atomic mass is 32.2. The average molecular weight is 403 g/mol. The minimum Gasteiger partial charge on any atom is -0.460 e. The first-order valence-corrected chi connectivity index (χ1v) is 10.2. The van der Waals surface area contributed by atoms with Gasteiger partial charge in [0.2, 0.25) is 5.76 Å². The van der Waals surface area contributed by atoms with Crippen LogP contribution in [-0.4, -0.2) is 40.1 Å². The molecule has 148 valence electrons. The summed E-state index contributed by atoms with van der Waals surface area (Å²) in [6.45, 7) is 3.21. The standard InChI is InChI=1S/C19H21N3O5S/c1-2-25-17(23)16-14(13-7-3-4-8-15(13)27-16)11-28-19-21-20-18(24)22(19)10-12-6-5-9-26-12/h3-4,7-8,12H,2,5-6,9-11H2,1H3,(H,20,24)/t12-/m1/s1. The molecule has 3 heterocycles. The van der Waals surface area contributed by atoms with Gasteiger partial charge in [0.1, 0.15) is 5.58 Å². The van der Waals surface area contributed by atoms with Crippen LogP contribution in [0.25, 0.3) is 11.0 Å². The van der Waals surface area contributed by atoms with Crippen molar-refractivity contribution in [3.05, 3.63) is 46.1 Å². The van der Waals surface area contributed by atoms with Gasteiger partial charge in [0.05, 0.1) is 19.3 Å². The molecule has 0 saturated carbocycles. The van der Waals surface area contributed by atoms with Gasteiger partial charge in [-0.25, -0.2) is 14.7 Å². The first-order chi connectivity index (χ1) is 13.7. The summed E-state index contributed by atoms with van der Waals surface area (Å²) in [4.78, 5) is 24.5. The summed E-state index contributed by atoms with van der Waals surface area (Å²) in [5.41, 5.74) is 1.10. The molecule has 0 spiro atoms. The number of para-hydroxylation sites is 1. The Bertz CT molecular complexity index is 1030. The van der Waals surface area contributed by atoms with Crippen molar-refractivity contribution >= 4 is 28.7 Å². The van der Waals surface area contributed by atoms with Crippen LogP contribution in [0.2, 0.25) is 0 Å². The Hall–Kier alpha value is -2.52. The van der Waals surface area contributed by atoms with Crippen LogP contribution in [0.5, 0.6) is 0 Å². The van der Waals surface area contributed by atoms with Gasteiger partial charge in [-0.1, -0.05) is 30.0 Å². The van der Waals surface area contributed by atoms with Crippen LogP contribution in [-0.2, 0) is 21.8 Å². The molecule has 0 unspecified atom stereocenters. The maximum absolute atomic E-state index is 12.3. The zero-order chi connectivity index (χ0) is 19.5. The summed E-state index contributed by atoms with van der Waals surface area (Å²) >= 11 is 1.37. The summed E-state index contributed by atoms with van der Waals surface area (Å²) < 4.78 is 18.1. The Morgan fingerprint density at radius 2 is 2.29 bits per heavy atom. The lowest BCUT2D eigenvalue weighted by molar-refractivity contribution is 0.0491. The van der Waals surface area contributed by atoms with Crippen LogP contribution in [0.1, 0.15) is 35.9 Å². The number of carbonyl (C=O) groups is 1. The van der Waals surface area contributed by atoms with Crippen LogP contribution < -0.4 is 5.69 Å². The predicted molar refractivity (Wildman–Crippen MR) is 104 cm³/mol. The lowest BCUT2D eigenvalue weighted by Crippen LogP contribution is -2.25. The van der Waals surface area contributed by atoms with E-state index in [4.69, 9.17) is 13.9 Å². The number of H-pyrrole nitrogens is 1. The van der Waals surface area contributed by atoms with E-state index in [9.17, 15) is 9.59 Å². The lowest BCUT2D eigenvalue weighted by atomic mass is 10.1. The number of rotatable bonds is 7. The van der Waals surface area contributed by atoms with E-state index in [0.717, 1.165) is 30.4 Å². The quantitative estimate of drug-likeness (QED) is 0.478. The predicted octanol–water partition coefficient (Wildman–Crippen LogP) is 2.97. The minimum absolute atomic E-state index is 0.0273. The van der Waals surface area contributed by atoms with E-state index in [1.807, 2.05) is 24.3 Å². The van der Waals surface area contributed by atoms with Crippen molar-refractivity contribution in [3.63, 3.8) is 0 Å². The molecule has 1 aliphatic rings. The van der Waals surface area contributed by atoms with Crippen LogP contribution in [0.3, 0.4) is 0 Å². The van der Waals surface area contributed by atoms with Gasteiger partial charge in [-0.3, -0.25) is 4.57 Å². The second-order valence-electron chi connectivity index (χ2n) is 6.47. The van der Waals surface area contributed by atoms with E-state index in [1.165, 1.54) is 11.8 Å². The van der Waals surface area contributed by atoms with Crippen LogP contribution in [0, 0.1) is 0 Å². The molecule has 4 rings (SSSR count). The molecule has 1 saturated heterocycles. The highest BCUT2D eigenvalue weighted by molar-refractivity contribution is 7.98. The molecule has 0 radical (unpaired) electrons. The second-order valence-corrected chi connectivity index (χ2v) is 7.41. The van der Waals surface area contributed by atoms with E-state index in [0.29, 0.717) is 23.0 Å². The van der Waals surface area contributed by atoms with Crippen molar-refractivity contribution in [2.24, 2.45) is 0 Å². The Balaban J connectivity index is 1.60. The highest BCUT2D eigenvalue weighted by Gasteiger charge is 2.24. The van der Waals surface area contributed by atoms with Crippen LogP contribution in [0.4, 0.5) is 0 Å². The molecule has 0 amide bonds. The van der Waals surface area contributed by atoms with Crippen molar-refractivity contribution in [2.75, 3.05) is 13.2 Å². The van der Waals surface area contributed by atoms with Gasteiger partial charge >= 0.3 is 11.7 Å². The summed E-state index contributed by atoms with van der Waals surface area (Å²) in [5.74, 6) is 0.119. The van der Waals surface area contributed by atoms with Gasteiger partial charge in [-0.2, -0.15) is 0 Å². The van der Waals surface area contributed by atoms with Crippen molar-refractivity contribution in [2.45, 2.75) is 43.3 Å². The van der Waals surface area contributed by atoms with E-state index < -0.39 is 5.97 Å². The molecule has 1 atom stereocenters. The monoisotopic (exact) mass is 403 g/mol. The number of esters is 1. The molecular weight excluding hydrogens is 382 g/mol. The third kappa shape index (κ3) is 3.72. The number of aromatic nitrogens is 3. The SMILES string of the molecule is CCOC(=O)c1oc2ccccc2c1CSc1n[nH]c(=O)n1C[C@H]1CCCO1. The third-order valence-corrected chi connectivity index (χ3v) is 5.64. The Labute approximate surface area is 165 Å². The molecule has 9 heteroatoms. The summed E-state index contributed by atoms with van der Waals surface area (Å²) in [6.07, 6.45) is 1.96. The first kappa shape index (κ1) is 18.8.